The first-order valence-electron chi connectivity index (χ1n) is 9.89. The second-order valence-corrected chi connectivity index (χ2v) is 8.52. The van der Waals surface area contributed by atoms with Crippen molar-refractivity contribution in [3.8, 4) is 0 Å². The first kappa shape index (κ1) is 18.5. The SMILES string of the molecule is CC(C)(C)c1cncc(C(=O)Nc2cc3cn(C4CCCCC4)nc3cn2)n1. The molecule has 0 spiro atoms. The molecule has 1 saturated carbocycles. The fraction of sp³-hybridized carbons (Fsp3) is 0.476. The minimum absolute atomic E-state index is 0.172. The van der Waals surface area contributed by atoms with E-state index >= 15 is 0 Å². The number of nitrogens with one attached hydrogen (secondary N) is 1. The summed E-state index contributed by atoms with van der Waals surface area (Å²) in [6.07, 6.45) is 13.1. The van der Waals surface area contributed by atoms with Crippen molar-refractivity contribution in [2.45, 2.75) is 64.3 Å². The van der Waals surface area contributed by atoms with Gasteiger partial charge in [0.05, 0.1) is 24.1 Å². The van der Waals surface area contributed by atoms with Gasteiger partial charge in [-0.25, -0.2) is 9.97 Å². The Hall–Kier alpha value is -2.83. The number of carbonyl (C=O) groups is 1. The summed E-state index contributed by atoms with van der Waals surface area (Å²) in [6.45, 7) is 6.12. The topological polar surface area (TPSA) is 85.6 Å². The molecule has 0 unspecified atom stereocenters. The number of pyridine rings is 1. The van der Waals surface area contributed by atoms with Crippen molar-refractivity contribution in [1.29, 1.82) is 0 Å². The van der Waals surface area contributed by atoms with Crippen LogP contribution in [0.5, 0.6) is 0 Å². The van der Waals surface area contributed by atoms with Crippen molar-refractivity contribution in [3.05, 3.63) is 42.2 Å². The molecular weight excluding hydrogens is 352 g/mol. The quantitative estimate of drug-likeness (QED) is 0.735. The Labute approximate surface area is 164 Å². The molecule has 3 heterocycles. The summed E-state index contributed by atoms with van der Waals surface area (Å²) in [5.74, 6) is 0.175. The van der Waals surface area contributed by atoms with Crippen LogP contribution >= 0.6 is 0 Å². The van der Waals surface area contributed by atoms with Gasteiger partial charge in [0.1, 0.15) is 17.0 Å². The molecule has 1 fully saturated rings. The minimum Gasteiger partial charge on any atom is -0.305 e. The van der Waals surface area contributed by atoms with E-state index in [1.165, 1.54) is 38.3 Å². The Bertz CT molecular complexity index is 998. The highest BCUT2D eigenvalue weighted by atomic mass is 16.1. The molecule has 0 radical (unpaired) electrons. The molecular formula is C21H26N6O. The van der Waals surface area contributed by atoms with Crippen LogP contribution in [0.15, 0.2) is 30.9 Å². The third-order valence-corrected chi connectivity index (χ3v) is 5.23. The number of nitrogens with zero attached hydrogens (tertiary/aromatic N) is 5. The third-order valence-electron chi connectivity index (χ3n) is 5.23. The van der Waals surface area contributed by atoms with Crippen LogP contribution in [0.4, 0.5) is 5.82 Å². The van der Waals surface area contributed by atoms with Gasteiger partial charge in [0, 0.05) is 23.2 Å². The van der Waals surface area contributed by atoms with Crippen molar-refractivity contribution in [3.63, 3.8) is 0 Å². The van der Waals surface area contributed by atoms with E-state index in [4.69, 9.17) is 0 Å². The molecule has 1 aliphatic carbocycles. The summed E-state index contributed by atoms with van der Waals surface area (Å²) >= 11 is 0. The molecule has 0 atom stereocenters. The maximum atomic E-state index is 12.6. The second kappa shape index (κ2) is 7.30. The maximum absolute atomic E-state index is 12.6. The van der Waals surface area contributed by atoms with E-state index in [1.807, 2.05) is 26.8 Å². The zero-order chi connectivity index (χ0) is 19.7. The van der Waals surface area contributed by atoms with E-state index in [-0.39, 0.29) is 17.0 Å². The van der Waals surface area contributed by atoms with Gasteiger partial charge < -0.3 is 5.32 Å². The van der Waals surface area contributed by atoms with Crippen LogP contribution in [0.1, 0.15) is 75.1 Å². The van der Waals surface area contributed by atoms with Crippen molar-refractivity contribution in [2.75, 3.05) is 5.32 Å². The molecule has 1 aliphatic rings. The number of carbonyl (C=O) groups excluding carboxylic acids is 1. The highest BCUT2D eigenvalue weighted by molar-refractivity contribution is 6.02. The van der Waals surface area contributed by atoms with Crippen LogP contribution in [0.25, 0.3) is 10.9 Å². The van der Waals surface area contributed by atoms with E-state index in [9.17, 15) is 4.79 Å². The second-order valence-electron chi connectivity index (χ2n) is 8.52. The lowest BCUT2D eigenvalue weighted by Gasteiger charge is -2.21. The summed E-state index contributed by atoms with van der Waals surface area (Å²) in [5, 5.41) is 8.48. The van der Waals surface area contributed by atoms with E-state index in [0.29, 0.717) is 11.9 Å². The van der Waals surface area contributed by atoms with Gasteiger partial charge in [0.15, 0.2) is 0 Å². The summed E-state index contributed by atoms with van der Waals surface area (Å²) < 4.78 is 2.06. The zero-order valence-corrected chi connectivity index (χ0v) is 16.6. The normalized spacial score (nSPS) is 15.7. The van der Waals surface area contributed by atoms with Crippen LogP contribution in [0.3, 0.4) is 0 Å². The summed E-state index contributed by atoms with van der Waals surface area (Å²) in [6, 6.07) is 2.33. The van der Waals surface area contributed by atoms with E-state index in [2.05, 4.69) is 36.2 Å². The number of fused-ring (bicyclic) bond motifs is 1. The fourth-order valence-electron chi connectivity index (χ4n) is 3.56. The van der Waals surface area contributed by atoms with E-state index in [1.54, 1.807) is 12.4 Å². The molecule has 146 valence electrons. The average Bonchev–Trinajstić information content (AvgIpc) is 3.11. The molecule has 7 nitrogen and oxygen atoms in total. The number of anilines is 1. The molecule has 7 heteroatoms. The molecule has 0 aromatic carbocycles. The molecule has 28 heavy (non-hydrogen) atoms. The lowest BCUT2D eigenvalue weighted by Crippen LogP contribution is -2.20. The Balaban J connectivity index is 1.54. The predicted octanol–water partition coefficient (Wildman–Crippen LogP) is 4.28. The van der Waals surface area contributed by atoms with Crippen LogP contribution in [-0.4, -0.2) is 30.6 Å². The number of aromatic nitrogens is 5. The van der Waals surface area contributed by atoms with Gasteiger partial charge in [0.25, 0.3) is 5.91 Å². The Morgan fingerprint density at radius 1 is 1.14 bits per heavy atom. The summed E-state index contributed by atoms with van der Waals surface area (Å²) in [5.41, 5.74) is 1.73. The Morgan fingerprint density at radius 2 is 1.93 bits per heavy atom. The molecule has 4 rings (SSSR count). The van der Waals surface area contributed by atoms with Crippen molar-refractivity contribution in [1.82, 2.24) is 24.7 Å². The van der Waals surface area contributed by atoms with Gasteiger partial charge in [0.2, 0.25) is 0 Å². The summed E-state index contributed by atoms with van der Waals surface area (Å²) in [4.78, 5) is 25.6. The zero-order valence-electron chi connectivity index (χ0n) is 16.6. The van der Waals surface area contributed by atoms with Crippen molar-refractivity contribution < 1.29 is 4.79 Å². The van der Waals surface area contributed by atoms with E-state index < -0.39 is 0 Å². The van der Waals surface area contributed by atoms with Gasteiger partial charge in [-0.05, 0) is 18.9 Å². The van der Waals surface area contributed by atoms with Crippen LogP contribution in [0, 0.1) is 0 Å². The van der Waals surface area contributed by atoms with Gasteiger partial charge in [-0.2, -0.15) is 5.10 Å². The number of rotatable bonds is 3. The predicted molar refractivity (Wildman–Crippen MR) is 108 cm³/mol. The molecule has 3 aromatic heterocycles. The van der Waals surface area contributed by atoms with Crippen LogP contribution < -0.4 is 5.32 Å². The van der Waals surface area contributed by atoms with Gasteiger partial charge in [-0.3, -0.25) is 14.5 Å². The molecule has 0 aliphatic heterocycles. The van der Waals surface area contributed by atoms with Gasteiger partial charge in [-0.15, -0.1) is 0 Å². The Morgan fingerprint density at radius 3 is 2.68 bits per heavy atom. The lowest BCUT2D eigenvalue weighted by molar-refractivity contribution is 0.102. The van der Waals surface area contributed by atoms with Crippen molar-refractivity contribution >= 4 is 22.6 Å². The van der Waals surface area contributed by atoms with Gasteiger partial charge >= 0.3 is 0 Å². The molecule has 1 N–H and O–H groups in total. The molecule has 0 bridgehead atoms. The first-order valence-corrected chi connectivity index (χ1v) is 9.89. The minimum atomic E-state index is -0.315. The standard InChI is InChI=1S/C21H26N6O/c1-21(2,3)18-12-22-10-17(24-18)20(28)25-19-9-14-13-27(26-16(14)11-23-19)15-7-5-4-6-8-15/h9-13,15H,4-8H2,1-3H3,(H,25,28). The van der Waals surface area contributed by atoms with Crippen LogP contribution in [-0.2, 0) is 5.41 Å². The number of hydrogen-bond donors (Lipinski definition) is 1. The Kier molecular flexibility index (Phi) is 4.83. The van der Waals surface area contributed by atoms with Gasteiger partial charge in [-0.1, -0.05) is 40.0 Å². The van der Waals surface area contributed by atoms with E-state index in [0.717, 1.165) is 16.6 Å². The largest absolute Gasteiger partial charge is 0.305 e. The highest BCUT2D eigenvalue weighted by Gasteiger charge is 2.19. The molecule has 0 saturated heterocycles. The number of hydrogen-bond acceptors (Lipinski definition) is 5. The smallest absolute Gasteiger partial charge is 0.277 e. The lowest BCUT2D eigenvalue weighted by atomic mass is 9.92. The number of amides is 1. The van der Waals surface area contributed by atoms with Crippen molar-refractivity contribution in [2.24, 2.45) is 0 Å². The fourth-order valence-corrected chi connectivity index (χ4v) is 3.56. The van der Waals surface area contributed by atoms with Crippen LogP contribution in [0.2, 0.25) is 0 Å². The third kappa shape index (κ3) is 3.88. The average molecular weight is 378 g/mol. The first-order chi connectivity index (χ1) is 13.4. The monoisotopic (exact) mass is 378 g/mol. The molecule has 3 aromatic rings. The maximum Gasteiger partial charge on any atom is 0.277 e. The summed E-state index contributed by atoms with van der Waals surface area (Å²) in [7, 11) is 0. The highest BCUT2D eigenvalue weighted by Crippen LogP contribution is 2.29. The molecule has 1 amide bonds.